The van der Waals surface area contributed by atoms with E-state index in [-0.39, 0.29) is 11.3 Å². The average Bonchev–Trinajstić information content (AvgIpc) is 2.73. The van der Waals surface area contributed by atoms with Gasteiger partial charge in [0.2, 0.25) is 5.91 Å². The van der Waals surface area contributed by atoms with Crippen LogP contribution in [0.25, 0.3) is 0 Å². The molecule has 20 heavy (non-hydrogen) atoms. The third kappa shape index (κ3) is 2.11. The monoisotopic (exact) mass is 269 g/mol. The number of anilines is 1. The number of nitrogens with one attached hydrogen (secondary N) is 2. The number of rotatable bonds is 3. The lowest BCUT2D eigenvalue weighted by atomic mass is 9.63. The first-order valence-electron chi connectivity index (χ1n) is 7.01. The molecule has 0 unspecified atom stereocenters. The molecule has 1 aromatic heterocycles. The van der Waals surface area contributed by atoms with Gasteiger partial charge in [0.1, 0.15) is 0 Å². The van der Waals surface area contributed by atoms with Crippen LogP contribution in [0.2, 0.25) is 0 Å². The van der Waals surface area contributed by atoms with E-state index in [4.69, 9.17) is 0 Å². The molecule has 0 spiro atoms. The second kappa shape index (κ2) is 4.78. The Morgan fingerprint density at radius 1 is 1.30 bits per heavy atom. The van der Waals surface area contributed by atoms with Crippen LogP contribution >= 0.6 is 0 Å². The molecule has 0 aliphatic heterocycles. The smallest absolute Gasteiger partial charge is 0.236 e. The molecule has 1 heterocycles. The number of hydrogen-bond acceptors (Lipinski definition) is 2. The van der Waals surface area contributed by atoms with Crippen molar-refractivity contribution in [2.24, 2.45) is 0 Å². The van der Waals surface area contributed by atoms with E-state index in [0.29, 0.717) is 5.82 Å². The minimum absolute atomic E-state index is 0.0563. The molecule has 0 saturated heterocycles. The van der Waals surface area contributed by atoms with Crippen LogP contribution in [0.15, 0.2) is 30.3 Å². The largest absolute Gasteiger partial charge is 0.308 e. The standard InChI is InChI=1S/C16H19N3O/c1-11-5-3-6-13(9-11)16(7-4-8-16)15(20)17-14-10-12(2)18-19-14/h3,5-6,9-10H,4,7-8H2,1-2H3,(H2,17,18,19,20). The molecule has 2 N–H and O–H groups in total. The lowest BCUT2D eigenvalue weighted by Gasteiger charge is -2.40. The molecule has 1 aliphatic rings. The van der Waals surface area contributed by atoms with Gasteiger partial charge in [0.05, 0.1) is 5.41 Å². The summed E-state index contributed by atoms with van der Waals surface area (Å²) in [5.41, 5.74) is 2.88. The SMILES string of the molecule is Cc1cccc(C2(C(=O)Nc3cc(C)[nH]n3)CCC2)c1. The number of H-pyrrole nitrogens is 1. The molecule has 1 aromatic carbocycles. The van der Waals surface area contributed by atoms with Crippen LogP contribution in [-0.2, 0) is 10.2 Å². The Hall–Kier alpha value is -2.10. The highest BCUT2D eigenvalue weighted by Gasteiger charge is 2.45. The molecule has 3 rings (SSSR count). The van der Waals surface area contributed by atoms with Crippen molar-refractivity contribution in [2.45, 2.75) is 38.5 Å². The zero-order chi connectivity index (χ0) is 14.2. The topological polar surface area (TPSA) is 57.8 Å². The van der Waals surface area contributed by atoms with Crippen LogP contribution in [0, 0.1) is 13.8 Å². The van der Waals surface area contributed by atoms with E-state index >= 15 is 0 Å². The average molecular weight is 269 g/mol. The number of benzene rings is 1. The zero-order valence-electron chi connectivity index (χ0n) is 11.9. The molecule has 2 aromatic rings. The fourth-order valence-corrected chi connectivity index (χ4v) is 2.84. The van der Waals surface area contributed by atoms with Gasteiger partial charge in [-0.05, 0) is 32.3 Å². The number of aryl methyl sites for hydroxylation is 2. The number of hydrogen-bond donors (Lipinski definition) is 2. The fraction of sp³-hybridized carbons (Fsp3) is 0.375. The summed E-state index contributed by atoms with van der Waals surface area (Å²) < 4.78 is 0. The van der Waals surface area contributed by atoms with Gasteiger partial charge in [-0.15, -0.1) is 0 Å². The Balaban J connectivity index is 1.87. The fourth-order valence-electron chi connectivity index (χ4n) is 2.84. The third-order valence-electron chi connectivity index (χ3n) is 4.16. The van der Waals surface area contributed by atoms with Gasteiger partial charge in [-0.2, -0.15) is 5.10 Å². The van der Waals surface area contributed by atoms with Gasteiger partial charge >= 0.3 is 0 Å². The Kier molecular flexibility index (Phi) is 3.08. The van der Waals surface area contributed by atoms with Gasteiger partial charge in [0.15, 0.2) is 5.82 Å². The maximum atomic E-state index is 12.7. The number of carbonyl (C=O) groups is 1. The summed E-state index contributed by atoms with van der Waals surface area (Å²) in [7, 11) is 0. The summed E-state index contributed by atoms with van der Waals surface area (Å²) >= 11 is 0. The first-order chi connectivity index (χ1) is 9.60. The van der Waals surface area contributed by atoms with Crippen molar-refractivity contribution in [1.82, 2.24) is 10.2 Å². The lowest BCUT2D eigenvalue weighted by molar-refractivity contribution is -0.124. The van der Waals surface area contributed by atoms with Crippen LogP contribution in [0.3, 0.4) is 0 Å². The quantitative estimate of drug-likeness (QED) is 0.899. The van der Waals surface area contributed by atoms with E-state index in [9.17, 15) is 4.79 Å². The molecule has 1 aliphatic carbocycles. The normalized spacial score (nSPS) is 16.5. The van der Waals surface area contributed by atoms with E-state index in [0.717, 1.165) is 30.5 Å². The third-order valence-corrected chi connectivity index (χ3v) is 4.16. The van der Waals surface area contributed by atoms with Gasteiger partial charge < -0.3 is 5.32 Å². The molecule has 1 saturated carbocycles. The van der Waals surface area contributed by atoms with Crippen molar-refractivity contribution < 1.29 is 4.79 Å². The summed E-state index contributed by atoms with van der Waals surface area (Å²) in [6, 6.07) is 10.1. The van der Waals surface area contributed by atoms with Crippen molar-refractivity contribution in [1.29, 1.82) is 0 Å². The van der Waals surface area contributed by atoms with Crippen molar-refractivity contribution in [3.05, 3.63) is 47.2 Å². The number of carbonyl (C=O) groups excluding carboxylic acids is 1. The van der Waals surface area contributed by atoms with Gasteiger partial charge in [-0.1, -0.05) is 36.2 Å². The molecule has 0 bridgehead atoms. The van der Waals surface area contributed by atoms with Gasteiger partial charge in [-0.3, -0.25) is 9.89 Å². The summed E-state index contributed by atoms with van der Waals surface area (Å²) in [6.07, 6.45) is 2.92. The van der Waals surface area contributed by atoms with Gasteiger partial charge in [-0.25, -0.2) is 0 Å². The summed E-state index contributed by atoms with van der Waals surface area (Å²) in [5, 5.41) is 9.87. The zero-order valence-corrected chi connectivity index (χ0v) is 11.9. The summed E-state index contributed by atoms with van der Waals surface area (Å²) in [5.74, 6) is 0.660. The highest BCUT2D eigenvalue weighted by molar-refractivity contribution is 5.99. The minimum atomic E-state index is -0.376. The van der Waals surface area contributed by atoms with E-state index in [1.54, 1.807) is 0 Å². The minimum Gasteiger partial charge on any atom is -0.308 e. The maximum Gasteiger partial charge on any atom is 0.236 e. The second-order valence-corrected chi connectivity index (χ2v) is 5.70. The Morgan fingerprint density at radius 2 is 2.10 bits per heavy atom. The molecular formula is C16H19N3O. The first kappa shape index (κ1) is 12.9. The highest BCUT2D eigenvalue weighted by Crippen LogP contribution is 2.44. The molecule has 0 atom stereocenters. The van der Waals surface area contributed by atoms with Crippen LogP contribution in [0.1, 0.15) is 36.1 Å². The Bertz CT molecular complexity index is 641. The van der Waals surface area contributed by atoms with Crippen molar-refractivity contribution in [2.75, 3.05) is 5.32 Å². The Morgan fingerprint density at radius 3 is 2.65 bits per heavy atom. The van der Waals surface area contributed by atoms with E-state index in [1.165, 1.54) is 5.56 Å². The molecule has 1 fully saturated rings. The number of aromatic nitrogens is 2. The number of amides is 1. The number of aromatic amines is 1. The predicted molar refractivity (Wildman–Crippen MR) is 78.7 cm³/mol. The molecule has 4 heteroatoms. The summed E-state index contributed by atoms with van der Waals surface area (Å²) in [4.78, 5) is 12.7. The second-order valence-electron chi connectivity index (χ2n) is 5.70. The molecule has 104 valence electrons. The van der Waals surface area contributed by atoms with Crippen LogP contribution in [0.4, 0.5) is 5.82 Å². The molecule has 1 amide bonds. The van der Waals surface area contributed by atoms with Crippen LogP contribution < -0.4 is 5.32 Å². The van der Waals surface area contributed by atoms with Crippen molar-refractivity contribution in [3.8, 4) is 0 Å². The first-order valence-corrected chi connectivity index (χ1v) is 7.01. The number of nitrogens with zero attached hydrogens (tertiary/aromatic N) is 1. The van der Waals surface area contributed by atoms with Crippen LogP contribution in [-0.4, -0.2) is 16.1 Å². The molecular weight excluding hydrogens is 250 g/mol. The lowest BCUT2D eigenvalue weighted by Crippen LogP contribution is -2.46. The van der Waals surface area contributed by atoms with Gasteiger partial charge in [0.25, 0.3) is 0 Å². The highest BCUT2D eigenvalue weighted by atomic mass is 16.2. The van der Waals surface area contributed by atoms with E-state index in [2.05, 4.69) is 40.6 Å². The Labute approximate surface area is 118 Å². The molecule has 0 radical (unpaired) electrons. The molecule has 4 nitrogen and oxygen atoms in total. The van der Waals surface area contributed by atoms with Gasteiger partial charge in [0, 0.05) is 11.8 Å². The van der Waals surface area contributed by atoms with E-state index in [1.807, 2.05) is 19.1 Å². The maximum absolute atomic E-state index is 12.7. The van der Waals surface area contributed by atoms with Crippen molar-refractivity contribution >= 4 is 11.7 Å². The van der Waals surface area contributed by atoms with E-state index < -0.39 is 0 Å². The summed E-state index contributed by atoms with van der Waals surface area (Å²) in [6.45, 7) is 3.98. The van der Waals surface area contributed by atoms with Crippen molar-refractivity contribution in [3.63, 3.8) is 0 Å². The predicted octanol–water partition coefficient (Wildman–Crippen LogP) is 3.09. The van der Waals surface area contributed by atoms with Crippen LogP contribution in [0.5, 0.6) is 0 Å².